The van der Waals surface area contributed by atoms with Gasteiger partial charge in [-0.05, 0) is 57.3 Å². The molecule has 22 heavy (non-hydrogen) atoms. The highest BCUT2D eigenvalue weighted by Crippen LogP contribution is 2.57. The Labute approximate surface area is 132 Å². The maximum atomic E-state index is 12.7. The smallest absolute Gasteiger partial charge is 0.311 e. The average Bonchev–Trinajstić information content (AvgIpc) is 2.61. The normalized spacial score (nSPS) is 37.6. The molecule has 4 aliphatic rings. The lowest BCUT2D eigenvalue weighted by atomic mass is 9.53. The second kappa shape index (κ2) is 6.19. The zero-order valence-corrected chi connectivity index (χ0v) is 13.5. The van der Waals surface area contributed by atoms with Crippen molar-refractivity contribution >= 4 is 11.9 Å². The topological polar surface area (TPSA) is 64.6 Å². The van der Waals surface area contributed by atoms with Crippen LogP contribution in [0, 0.1) is 16.7 Å². The van der Waals surface area contributed by atoms with Gasteiger partial charge in [0.25, 0.3) is 0 Å². The molecule has 0 unspecified atom stereocenters. The standard InChI is InChI=1S/C17H27NO4/c1-21-15(20)17-7-4-16(5-8-17,6-9-17)14(19)18-11-13-3-2-10-22-12-13/h13H,2-12H2,1H3,(H,18,19)/t13-,16?,17?/m0/s1. The van der Waals surface area contributed by atoms with Gasteiger partial charge in [-0.3, -0.25) is 9.59 Å². The predicted octanol–water partition coefficient (Wildman–Crippen LogP) is 2.04. The van der Waals surface area contributed by atoms with Crippen molar-refractivity contribution in [2.45, 2.75) is 51.4 Å². The molecule has 1 aliphatic heterocycles. The molecule has 5 heteroatoms. The van der Waals surface area contributed by atoms with E-state index in [-0.39, 0.29) is 22.7 Å². The fourth-order valence-corrected chi connectivity index (χ4v) is 4.44. The van der Waals surface area contributed by atoms with Crippen molar-refractivity contribution in [2.75, 3.05) is 26.9 Å². The molecule has 4 fully saturated rings. The minimum absolute atomic E-state index is 0.0828. The molecule has 2 bridgehead atoms. The van der Waals surface area contributed by atoms with Gasteiger partial charge in [-0.1, -0.05) is 0 Å². The summed E-state index contributed by atoms with van der Waals surface area (Å²) in [5.74, 6) is 0.562. The molecule has 5 nitrogen and oxygen atoms in total. The van der Waals surface area contributed by atoms with E-state index in [1.54, 1.807) is 0 Å². The van der Waals surface area contributed by atoms with Crippen LogP contribution < -0.4 is 5.32 Å². The summed E-state index contributed by atoms with van der Waals surface area (Å²) in [7, 11) is 1.46. The number of fused-ring (bicyclic) bond motifs is 3. The molecule has 0 aromatic carbocycles. The van der Waals surface area contributed by atoms with Gasteiger partial charge >= 0.3 is 5.97 Å². The summed E-state index contributed by atoms with van der Waals surface area (Å²) in [5, 5.41) is 3.16. The van der Waals surface area contributed by atoms with Crippen molar-refractivity contribution in [3.8, 4) is 0 Å². The lowest BCUT2D eigenvalue weighted by Gasteiger charge is -2.50. The van der Waals surface area contributed by atoms with Crippen molar-refractivity contribution in [3.05, 3.63) is 0 Å². The highest BCUT2D eigenvalue weighted by molar-refractivity contribution is 5.85. The quantitative estimate of drug-likeness (QED) is 0.807. The molecule has 124 valence electrons. The van der Waals surface area contributed by atoms with Gasteiger partial charge < -0.3 is 14.8 Å². The number of hydrogen-bond acceptors (Lipinski definition) is 4. The first-order chi connectivity index (χ1) is 10.6. The number of amides is 1. The number of carbonyl (C=O) groups is 2. The van der Waals surface area contributed by atoms with Gasteiger partial charge in [0.2, 0.25) is 5.91 Å². The Kier molecular flexibility index (Phi) is 4.44. The molecule has 1 heterocycles. The first-order valence-corrected chi connectivity index (χ1v) is 8.55. The van der Waals surface area contributed by atoms with Crippen LogP contribution in [0.3, 0.4) is 0 Å². The molecule has 4 rings (SSSR count). The molecule has 0 radical (unpaired) electrons. The SMILES string of the molecule is COC(=O)C12CCC(C(=O)NC[C@@H]3CCCOC3)(CC1)CC2. The summed E-state index contributed by atoms with van der Waals surface area (Å²) >= 11 is 0. The second-order valence-electron chi connectivity index (χ2n) is 7.35. The van der Waals surface area contributed by atoms with E-state index >= 15 is 0 Å². The van der Waals surface area contributed by atoms with Crippen LogP contribution in [0.5, 0.6) is 0 Å². The Morgan fingerprint density at radius 1 is 1.14 bits per heavy atom. The van der Waals surface area contributed by atoms with E-state index in [2.05, 4.69) is 5.32 Å². The van der Waals surface area contributed by atoms with Gasteiger partial charge in [-0.15, -0.1) is 0 Å². The van der Waals surface area contributed by atoms with E-state index < -0.39 is 0 Å². The maximum Gasteiger partial charge on any atom is 0.311 e. The molecule has 3 saturated carbocycles. The summed E-state index contributed by atoms with van der Waals surface area (Å²) in [5.41, 5.74) is -0.556. The van der Waals surface area contributed by atoms with Crippen molar-refractivity contribution in [1.29, 1.82) is 0 Å². The van der Waals surface area contributed by atoms with E-state index in [1.807, 2.05) is 0 Å². The zero-order chi connectivity index (χ0) is 15.6. The Balaban J connectivity index is 1.55. The average molecular weight is 309 g/mol. The molecule has 1 atom stereocenters. The van der Waals surface area contributed by atoms with Crippen molar-refractivity contribution in [1.82, 2.24) is 5.32 Å². The minimum atomic E-state index is -0.312. The lowest BCUT2D eigenvalue weighted by Crippen LogP contribution is -2.53. The molecular weight excluding hydrogens is 282 g/mol. The van der Waals surface area contributed by atoms with Gasteiger partial charge in [-0.2, -0.15) is 0 Å². The Morgan fingerprint density at radius 3 is 2.32 bits per heavy atom. The molecule has 0 spiro atoms. The lowest BCUT2D eigenvalue weighted by molar-refractivity contribution is -0.166. The third-order valence-electron chi connectivity index (χ3n) is 6.15. The first-order valence-electron chi connectivity index (χ1n) is 8.55. The predicted molar refractivity (Wildman–Crippen MR) is 81.1 cm³/mol. The van der Waals surface area contributed by atoms with E-state index in [1.165, 1.54) is 7.11 Å². The van der Waals surface area contributed by atoms with Gasteiger partial charge in [0, 0.05) is 18.6 Å². The molecular formula is C17H27NO4. The third kappa shape index (κ3) is 2.75. The fourth-order valence-electron chi connectivity index (χ4n) is 4.44. The molecule has 0 aromatic rings. The van der Waals surface area contributed by atoms with E-state index in [0.717, 1.165) is 71.1 Å². The van der Waals surface area contributed by atoms with Gasteiger partial charge in [0.15, 0.2) is 0 Å². The van der Waals surface area contributed by atoms with Crippen LogP contribution in [0.4, 0.5) is 0 Å². The van der Waals surface area contributed by atoms with Crippen molar-refractivity contribution < 1.29 is 19.1 Å². The van der Waals surface area contributed by atoms with E-state index in [0.29, 0.717) is 5.92 Å². The molecule has 3 aliphatic carbocycles. The molecule has 1 amide bonds. The van der Waals surface area contributed by atoms with Crippen LogP contribution in [0.1, 0.15) is 51.4 Å². The number of esters is 1. The molecule has 1 N–H and O–H groups in total. The second-order valence-corrected chi connectivity index (χ2v) is 7.35. The van der Waals surface area contributed by atoms with E-state index in [9.17, 15) is 9.59 Å². The third-order valence-corrected chi connectivity index (χ3v) is 6.15. The van der Waals surface area contributed by atoms with Crippen LogP contribution in [-0.2, 0) is 19.1 Å². The first kappa shape index (κ1) is 15.8. The number of nitrogens with one attached hydrogen (secondary N) is 1. The maximum absolute atomic E-state index is 12.7. The Morgan fingerprint density at radius 2 is 1.77 bits per heavy atom. The van der Waals surface area contributed by atoms with Crippen molar-refractivity contribution in [3.63, 3.8) is 0 Å². The largest absolute Gasteiger partial charge is 0.469 e. The number of hydrogen-bond donors (Lipinski definition) is 1. The summed E-state index contributed by atoms with van der Waals surface area (Å²) in [6.07, 6.45) is 7.05. The van der Waals surface area contributed by atoms with Gasteiger partial charge in [0.05, 0.1) is 19.1 Å². The minimum Gasteiger partial charge on any atom is -0.469 e. The zero-order valence-electron chi connectivity index (χ0n) is 13.5. The Hall–Kier alpha value is -1.10. The highest BCUT2D eigenvalue weighted by atomic mass is 16.5. The highest BCUT2D eigenvalue weighted by Gasteiger charge is 2.55. The number of rotatable bonds is 4. The summed E-state index contributed by atoms with van der Waals surface area (Å²) in [6, 6.07) is 0. The van der Waals surface area contributed by atoms with Crippen LogP contribution in [-0.4, -0.2) is 38.7 Å². The summed E-state index contributed by atoms with van der Waals surface area (Å²) in [4.78, 5) is 24.7. The fraction of sp³-hybridized carbons (Fsp3) is 0.882. The van der Waals surface area contributed by atoms with Gasteiger partial charge in [0.1, 0.15) is 0 Å². The van der Waals surface area contributed by atoms with Gasteiger partial charge in [-0.25, -0.2) is 0 Å². The number of carbonyl (C=O) groups excluding carboxylic acids is 2. The van der Waals surface area contributed by atoms with Crippen LogP contribution in [0.15, 0.2) is 0 Å². The van der Waals surface area contributed by atoms with Crippen LogP contribution in [0.2, 0.25) is 0 Å². The Bertz CT molecular complexity index is 417. The van der Waals surface area contributed by atoms with Crippen LogP contribution >= 0.6 is 0 Å². The summed E-state index contributed by atoms with van der Waals surface area (Å²) < 4.78 is 10.4. The van der Waals surface area contributed by atoms with E-state index in [4.69, 9.17) is 9.47 Å². The number of ether oxygens (including phenoxy) is 2. The summed E-state index contributed by atoms with van der Waals surface area (Å²) in [6.45, 7) is 2.34. The van der Waals surface area contributed by atoms with Crippen LogP contribution in [0.25, 0.3) is 0 Å². The monoisotopic (exact) mass is 309 g/mol. The molecule has 0 aromatic heterocycles. The van der Waals surface area contributed by atoms with Crippen molar-refractivity contribution in [2.24, 2.45) is 16.7 Å². The number of methoxy groups -OCH3 is 1. The molecule has 1 saturated heterocycles.